The summed E-state index contributed by atoms with van der Waals surface area (Å²) in [6.07, 6.45) is -15.4. The van der Waals surface area contributed by atoms with Crippen LogP contribution in [-0.4, -0.2) is 74.4 Å². The number of likely N-dealkylation sites (tertiary alicyclic amines) is 2. The molecule has 8 rings (SSSR count). The van der Waals surface area contributed by atoms with E-state index in [1.807, 2.05) is 60.7 Å². The van der Waals surface area contributed by atoms with Gasteiger partial charge in [0.2, 0.25) is 0 Å². The highest BCUT2D eigenvalue weighted by atomic mass is 19.4. The van der Waals surface area contributed by atoms with E-state index in [1.165, 1.54) is 13.8 Å². The maximum atomic E-state index is 13.3. The summed E-state index contributed by atoms with van der Waals surface area (Å²) in [5.41, 5.74) is -4.81. The van der Waals surface area contributed by atoms with Crippen LogP contribution >= 0.6 is 0 Å². The van der Waals surface area contributed by atoms with E-state index < -0.39 is 70.2 Å². The zero-order chi connectivity index (χ0) is 49.1. The molecule has 4 aromatic carbocycles. The lowest BCUT2D eigenvalue weighted by molar-refractivity contribution is -0.144. The molecule has 68 heavy (non-hydrogen) atoms. The summed E-state index contributed by atoms with van der Waals surface area (Å²) < 4.78 is 171. The number of benzene rings is 4. The zero-order valence-electron chi connectivity index (χ0n) is 37.7. The van der Waals surface area contributed by atoms with Crippen molar-refractivity contribution in [2.75, 3.05) is 52.5 Å². The number of nitrogens with zero attached hydrogens (tertiary/aromatic N) is 2. The molecular formula is C50H56F12N4O2. The first-order valence-corrected chi connectivity index (χ1v) is 22.9. The Morgan fingerprint density at radius 3 is 1.06 bits per heavy atom. The third-order valence-corrected chi connectivity index (χ3v) is 13.8. The van der Waals surface area contributed by atoms with Gasteiger partial charge in [-0.05, 0) is 137 Å². The third-order valence-electron chi connectivity index (χ3n) is 13.8. The Kier molecular flexibility index (Phi) is 15.7. The van der Waals surface area contributed by atoms with Gasteiger partial charge in [0.25, 0.3) is 0 Å². The fraction of sp³-hybridized carbons (Fsp3) is 0.520. The molecule has 4 aliphatic heterocycles. The topological polar surface area (TPSA) is 49.0 Å². The largest absolute Gasteiger partial charge is 0.416 e. The summed E-state index contributed by atoms with van der Waals surface area (Å²) in [4.78, 5) is 4.87. The molecule has 4 aliphatic rings. The zero-order valence-corrected chi connectivity index (χ0v) is 37.7. The van der Waals surface area contributed by atoms with E-state index in [9.17, 15) is 52.7 Å². The average Bonchev–Trinajstić information content (AvgIpc) is 4.15. The SMILES string of the molecule is C[C@@H](OC[C@@]1(c2ccccc2)C[C@@H](N2CCCC2)CN1)c1cc(C(F)(F)F)cc(C(F)(F)F)c1.C[C@@H](OC[C@@]1(c2ccccc2)C[C@H](N2CCCC2)CN1)c1cc(C(F)(F)F)cc(C(F)(F)F)c1. The number of rotatable bonds is 12. The van der Waals surface area contributed by atoms with Gasteiger partial charge in [-0.1, -0.05) is 60.7 Å². The Morgan fingerprint density at radius 1 is 0.485 bits per heavy atom. The normalized spacial score (nSPS) is 25.1. The molecule has 4 aromatic rings. The van der Waals surface area contributed by atoms with Crippen molar-refractivity contribution in [1.29, 1.82) is 0 Å². The summed E-state index contributed by atoms with van der Waals surface area (Å²) in [7, 11) is 0. The molecular weight excluding hydrogens is 917 g/mol. The molecule has 0 saturated carbocycles. The molecule has 0 aromatic heterocycles. The Hall–Kier alpha value is -4.20. The van der Waals surface area contributed by atoms with Crippen molar-refractivity contribution in [3.8, 4) is 0 Å². The van der Waals surface area contributed by atoms with Gasteiger partial charge >= 0.3 is 24.7 Å². The first kappa shape index (κ1) is 51.6. The second kappa shape index (κ2) is 20.6. The Balaban J connectivity index is 0.000000201. The van der Waals surface area contributed by atoms with Crippen molar-refractivity contribution in [3.05, 3.63) is 142 Å². The second-order valence-corrected chi connectivity index (χ2v) is 18.4. The number of halogens is 12. The molecule has 18 heteroatoms. The van der Waals surface area contributed by atoms with E-state index in [2.05, 4.69) is 20.4 Å². The molecule has 6 nitrogen and oxygen atoms in total. The Morgan fingerprint density at radius 2 is 0.779 bits per heavy atom. The van der Waals surface area contributed by atoms with Gasteiger partial charge in [0, 0.05) is 25.2 Å². The Bertz CT molecular complexity index is 2040. The summed E-state index contributed by atoms with van der Waals surface area (Å²) in [6, 6.07) is 23.2. The van der Waals surface area contributed by atoms with Crippen molar-refractivity contribution in [2.45, 2.75) is 112 Å². The van der Waals surface area contributed by atoms with E-state index in [-0.39, 0.29) is 36.5 Å². The Labute approximate surface area is 388 Å². The van der Waals surface area contributed by atoms with Crippen molar-refractivity contribution in [2.24, 2.45) is 0 Å². The van der Waals surface area contributed by atoms with Crippen LogP contribution < -0.4 is 10.6 Å². The fourth-order valence-electron chi connectivity index (χ4n) is 9.94. The number of hydrogen-bond acceptors (Lipinski definition) is 6. The molecule has 2 N–H and O–H groups in total. The van der Waals surface area contributed by atoms with Crippen molar-refractivity contribution >= 4 is 0 Å². The number of nitrogens with one attached hydrogen (secondary N) is 2. The summed E-state index contributed by atoms with van der Waals surface area (Å²) in [6.45, 7) is 8.82. The molecule has 6 atom stereocenters. The smallest absolute Gasteiger partial charge is 0.372 e. The maximum Gasteiger partial charge on any atom is 0.416 e. The van der Waals surface area contributed by atoms with Crippen LogP contribution in [0.1, 0.15) is 109 Å². The van der Waals surface area contributed by atoms with Crippen LogP contribution in [0.3, 0.4) is 0 Å². The van der Waals surface area contributed by atoms with Crippen molar-refractivity contribution in [1.82, 2.24) is 20.4 Å². The van der Waals surface area contributed by atoms with Crippen LogP contribution in [-0.2, 0) is 45.3 Å². The van der Waals surface area contributed by atoms with Gasteiger partial charge < -0.3 is 20.1 Å². The van der Waals surface area contributed by atoms with E-state index in [0.29, 0.717) is 12.1 Å². The predicted molar refractivity (Wildman–Crippen MR) is 232 cm³/mol. The molecule has 0 radical (unpaired) electrons. The summed E-state index contributed by atoms with van der Waals surface area (Å²) in [5, 5.41) is 7.13. The van der Waals surface area contributed by atoms with Gasteiger partial charge in [0.15, 0.2) is 0 Å². The van der Waals surface area contributed by atoms with Crippen LogP contribution in [0, 0.1) is 0 Å². The predicted octanol–water partition coefficient (Wildman–Crippen LogP) is 12.3. The molecule has 372 valence electrons. The van der Waals surface area contributed by atoms with Gasteiger partial charge in [0.1, 0.15) is 0 Å². The van der Waals surface area contributed by atoms with Crippen LogP contribution in [0.2, 0.25) is 0 Å². The highest BCUT2D eigenvalue weighted by molar-refractivity contribution is 5.36. The van der Waals surface area contributed by atoms with Gasteiger partial charge in [-0.15, -0.1) is 0 Å². The number of ether oxygens (including phenoxy) is 2. The minimum atomic E-state index is -4.89. The van der Waals surface area contributed by atoms with Crippen LogP contribution in [0.4, 0.5) is 52.7 Å². The van der Waals surface area contributed by atoms with E-state index >= 15 is 0 Å². The molecule has 0 spiro atoms. The fourth-order valence-corrected chi connectivity index (χ4v) is 9.94. The summed E-state index contributed by atoms with van der Waals surface area (Å²) in [5.74, 6) is 0. The molecule has 0 aliphatic carbocycles. The number of alkyl halides is 12. The summed E-state index contributed by atoms with van der Waals surface area (Å²) >= 11 is 0. The monoisotopic (exact) mass is 972 g/mol. The van der Waals surface area contributed by atoms with Gasteiger partial charge in [0.05, 0.1) is 58.8 Å². The lowest BCUT2D eigenvalue weighted by Gasteiger charge is -2.33. The van der Waals surface area contributed by atoms with Crippen LogP contribution in [0.5, 0.6) is 0 Å². The quantitative estimate of drug-likeness (QED) is 0.138. The van der Waals surface area contributed by atoms with Crippen molar-refractivity contribution < 1.29 is 62.2 Å². The standard InChI is InChI=1S/2C25H28F6N2O/c2*1-17(18-11-20(24(26,27)28)13-21(12-18)25(29,30)31)34-16-23(19-7-3-2-4-8-19)14-22(15-32-23)33-9-5-6-10-33/h2*2-4,7-8,11-13,17,22,32H,5-6,9-10,14-16H2,1H3/t17-,22+,23-;17-,22-,23-/m11/s1. The molecule has 4 heterocycles. The van der Waals surface area contributed by atoms with Crippen LogP contribution in [0.15, 0.2) is 97.1 Å². The van der Waals surface area contributed by atoms with Crippen molar-refractivity contribution in [3.63, 3.8) is 0 Å². The first-order valence-electron chi connectivity index (χ1n) is 22.9. The highest BCUT2D eigenvalue weighted by Gasteiger charge is 2.46. The lowest BCUT2D eigenvalue weighted by Crippen LogP contribution is -2.41. The van der Waals surface area contributed by atoms with Gasteiger partial charge in [-0.25, -0.2) is 0 Å². The minimum absolute atomic E-state index is 0.125. The minimum Gasteiger partial charge on any atom is -0.372 e. The molecule has 0 bridgehead atoms. The molecule has 0 unspecified atom stereocenters. The van der Waals surface area contributed by atoms with Gasteiger partial charge in [-0.3, -0.25) is 9.80 Å². The van der Waals surface area contributed by atoms with Gasteiger partial charge in [-0.2, -0.15) is 52.7 Å². The lowest BCUT2D eigenvalue weighted by atomic mass is 9.87. The number of hydrogen-bond donors (Lipinski definition) is 2. The molecule has 4 saturated heterocycles. The second-order valence-electron chi connectivity index (χ2n) is 18.4. The highest BCUT2D eigenvalue weighted by Crippen LogP contribution is 2.42. The van der Waals surface area contributed by atoms with Crippen LogP contribution in [0.25, 0.3) is 0 Å². The van der Waals surface area contributed by atoms with E-state index in [4.69, 9.17) is 9.47 Å². The van der Waals surface area contributed by atoms with E-state index in [1.54, 1.807) is 0 Å². The molecule has 0 amide bonds. The maximum absolute atomic E-state index is 13.3. The molecule has 4 fully saturated rings. The van der Waals surface area contributed by atoms with E-state index in [0.717, 1.165) is 113 Å². The first-order chi connectivity index (χ1) is 32.0. The third kappa shape index (κ3) is 12.4. The average molecular weight is 973 g/mol.